The third-order valence-electron chi connectivity index (χ3n) is 3.89. The van der Waals surface area contributed by atoms with E-state index in [-0.39, 0.29) is 0 Å². The lowest BCUT2D eigenvalue weighted by molar-refractivity contribution is 0.334. The minimum atomic E-state index is 0.941. The molecule has 3 nitrogen and oxygen atoms in total. The number of hydrogen-bond acceptors (Lipinski definition) is 3. The summed E-state index contributed by atoms with van der Waals surface area (Å²) in [5, 5.41) is 0. The van der Waals surface area contributed by atoms with E-state index in [1.807, 2.05) is 24.4 Å². The van der Waals surface area contributed by atoms with Gasteiger partial charge in [0.2, 0.25) is 0 Å². The van der Waals surface area contributed by atoms with Gasteiger partial charge in [0.25, 0.3) is 0 Å². The van der Waals surface area contributed by atoms with Crippen LogP contribution < -0.4 is 0 Å². The summed E-state index contributed by atoms with van der Waals surface area (Å²) in [6, 6.07) is 10.2. The molecule has 1 saturated heterocycles. The lowest BCUT2D eigenvalue weighted by Gasteiger charge is -2.13. The average Bonchev–Trinajstić information content (AvgIpc) is 3.02. The number of pyridine rings is 2. The van der Waals surface area contributed by atoms with Crippen molar-refractivity contribution in [2.75, 3.05) is 19.6 Å². The highest BCUT2D eigenvalue weighted by Gasteiger charge is 2.10. The summed E-state index contributed by atoms with van der Waals surface area (Å²) < 4.78 is 0. The van der Waals surface area contributed by atoms with Crippen molar-refractivity contribution in [1.82, 2.24) is 14.9 Å². The third kappa shape index (κ3) is 3.42. The lowest BCUT2D eigenvalue weighted by atomic mass is 10.1. The summed E-state index contributed by atoms with van der Waals surface area (Å²) in [5.74, 6) is 0. The molecule has 1 fully saturated rings. The van der Waals surface area contributed by atoms with Crippen molar-refractivity contribution in [2.45, 2.75) is 25.7 Å². The van der Waals surface area contributed by atoms with E-state index >= 15 is 0 Å². The van der Waals surface area contributed by atoms with Crippen LogP contribution in [0.5, 0.6) is 0 Å². The second-order valence-electron chi connectivity index (χ2n) is 5.42. The molecule has 0 unspecified atom stereocenters. The summed E-state index contributed by atoms with van der Waals surface area (Å²) in [4.78, 5) is 11.4. The van der Waals surface area contributed by atoms with Crippen molar-refractivity contribution in [3.05, 3.63) is 48.3 Å². The van der Waals surface area contributed by atoms with Gasteiger partial charge in [0.05, 0.1) is 11.4 Å². The standard InChI is InChI=1S/C17H21N3/c1-2-10-18-16(7-1)17-9-8-15(14-19-17)6-5-13-20-11-3-4-12-20/h1-2,7-10,14H,3-6,11-13H2. The molecule has 0 atom stereocenters. The maximum absolute atomic E-state index is 4.52. The summed E-state index contributed by atoms with van der Waals surface area (Å²) in [5.41, 5.74) is 3.22. The predicted molar refractivity (Wildman–Crippen MR) is 81.5 cm³/mol. The quantitative estimate of drug-likeness (QED) is 0.833. The van der Waals surface area contributed by atoms with Crippen molar-refractivity contribution >= 4 is 0 Å². The smallest absolute Gasteiger partial charge is 0.0886 e. The molecule has 20 heavy (non-hydrogen) atoms. The number of aromatic nitrogens is 2. The van der Waals surface area contributed by atoms with Gasteiger partial charge in [0.1, 0.15) is 0 Å². The maximum Gasteiger partial charge on any atom is 0.0886 e. The zero-order chi connectivity index (χ0) is 13.6. The molecule has 2 aromatic rings. The largest absolute Gasteiger partial charge is 0.303 e. The highest BCUT2D eigenvalue weighted by Crippen LogP contribution is 2.15. The molecule has 3 rings (SSSR count). The van der Waals surface area contributed by atoms with Gasteiger partial charge in [-0.05, 0) is 69.1 Å². The Labute approximate surface area is 120 Å². The van der Waals surface area contributed by atoms with Crippen LogP contribution >= 0.6 is 0 Å². The van der Waals surface area contributed by atoms with E-state index in [1.54, 1.807) is 6.20 Å². The van der Waals surface area contributed by atoms with E-state index < -0.39 is 0 Å². The number of hydrogen-bond donors (Lipinski definition) is 0. The Morgan fingerprint density at radius 2 is 1.80 bits per heavy atom. The van der Waals surface area contributed by atoms with Crippen LogP contribution in [0.25, 0.3) is 11.4 Å². The van der Waals surface area contributed by atoms with Gasteiger partial charge in [0.15, 0.2) is 0 Å². The molecule has 0 aromatic carbocycles. The first kappa shape index (κ1) is 13.3. The van der Waals surface area contributed by atoms with E-state index in [4.69, 9.17) is 0 Å². The Kier molecular flexibility index (Phi) is 4.38. The SMILES string of the molecule is c1ccc(-c2ccc(CCCN3CCCC3)cn2)nc1. The Morgan fingerprint density at radius 3 is 2.50 bits per heavy atom. The molecule has 0 amide bonds. The lowest BCUT2D eigenvalue weighted by Crippen LogP contribution is -2.20. The van der Waals surface area contributed by atoms with Gasteiger partial charge in [-0.25, -0.2) is 0 Å². The first-order chi connectivity index (χ1) is 9.92. The van der Waals surface area contributed by atoms with Crippen LogP contribution in [-0.4, -0.2) is 34.5 Å². The van der Waals surface area contributed by atoms with Gasteiger partial charge in [-0.2, -0.15) is 0 Å². The third-order valence-corrected chi connectivity index (χ3v) is 3.89. The Hall–Kier alpha value is -1.74. The first-order valence-electron chi connectivity index (χ1n) is 7.50. The zero-order valence-electron chi connectivity index (χ0n) is 11.8. The van der Waals surface area contributed by atoms with Crippen LogP contribution in [-0.2, 0) is 6.42 Å². The molecule has 1 aliphatic heterocycles. The number of nitrogens with zero attached hydrogens (tertiary/aromatic N) is 3. The highest BCUT2D eigenvalue weighted by molar-refractivity contribution is 5.53. The monoisotopic (exact) mass is 267 g/mol. The number of rotatable bonds is 5. The van der Waals surface area contributed by atoms with Gasteiger partial charge < -0.3 is 4.90 Å². The normalized spacial score (nSPS) is 15.6. The van der Waals surface area contributed by atoms with Gasteiger partial charge in [0, 0.05) is 12.4 Å². The number of aryl methyl sites for hydroxylation is 1. The molecular weight excluding hydrogens is 246 g/mol. The van der Waals surface area contributed by atoms with Crippen LogP contribution in [0, 0.1) is 0 Å². The van der Waals surface area contributed by atoms with Crippen molar-refractivity contribution in [3.63, 3.8) is 0 Å². The molecular formula is C17H21N3. The zero-order valence-corrected chi connectivity index (χ0v) is 11.8. The fraction of sp³-hybridized carbons (Fsp3) is 0.412. The van der Waals surface area contributed by atoms with Crippen molar-refractivity contribution in [2.24, 2.45) is 0 Å². The maximum atomic E-state index is 4.52. The van der Waals surface area contributed by atoms with Gasteiger partial charge in [-0.1, -0.05) is 12.1 Å². The van der Waals surface area contributed by atoms with Crippen LogP contribution in [0.4, 0.5) is 0 Å². The molecule has 1 aliphatic rings. The molecule has 3 heterocycles. The second kappa shape index (κ2) is 6.62. The minimum Gasteiger partial charge on any atom is -0.303 e. The molecule has 0 N–H and O–H groups in total. The highest BCUT2D eigenvalue weighted by atomic mass is 15.1. The van der Waals surface area contributed by atoms with Crippen molar-refractivity contribution < 1.29 is 0 Å². The predicted octanol–water partition coefficient (Wildman–Crippen LogP) is 3.17. The molecule has 104 valence electrons. The van der Waals surface area contributed by atoms with Crippen molar-refractivity contribution in [3.8, 4) is 11.4 Å². The minimum absolute atomic E-state index is 0.941. The Bertz CT molecular complexity index is 516. The summed E-state index contributed by atoms with van der Waals surface area (Å²) in [6.07, 6.45) is 8.90. The fourth-order valence-electron chi connectivity index (χ4n) is 2.75. The van der Waals surface area contributed by atoms with Crippen LogP contribution in [0.3, 0.4) is 0 Å². The Morgan fingerprint density at radius 1 is 0.950 bits per heavy atom. The van der Waals surface area contributed by atoms with E-state index in [0.717, 1.165) is 17.8 Å². The molecule has 2 aromatic heterocycles. The molecule has 3 heteroatoms. The van der Waals surface area contributed by atoms with Crippen LogP contribution in [0.1, 0.15) is 24.8 Å². The van der Waals surface area contributed by atoms with Crippen LogP contribution in [0.15, 0.2) is 42.7 Å². The van der Waals surface area contributed by atoms with E-state index in [1.165, 1.54) is 44.5 Å². The Balaban J connectivity index is 1.53. The van der Waals surface area contributed by atoms with Gasteiger partial charge in [-0.15, -0.1) is 0 Å². The molecule has 0 radical (unpaired) electrons. The first-order valence-corrected chi connectivity index (χ1v) is 7.50. The van der Waals surface area contributed by atoms with Crippen molar-refractivity contribution in [1.29, 1.82) is 0 Å². The summed E-state index contributed by atoms with van der Waals surface area (Å²) >= 11 is 0. The van der Waals surface area contributed by atoms with Gasteiger partial charge in [-0.3, -0.25) is 9.97 Å². The van der Waals surface area contributed by atoms with E-state index in [0.29, 0.717) is 0 Å². The summed E-state index contributed by atoms with van der Waals surface area (Å²) in [7, 11) is 0. The molecule has 0 bridgehead atoms. The van der Waals surface area contributed by atoms with E-state index in [2.05, 4.69) is 27.0 Å². The van der Waals surface area contributed by atoms with Gasteiger partial charge >= 0.3 is 0 Å². The summed E-state index contributed by atoms with van der Waals surface area (Å²) in [6.45, 7) is 3.80. The fourth-order valence-corrected chi connectivity index (χ4v) is 2.75. The molecule has 0 aliphatic carbocycles. The average molecular weight is 267 g/mol. The van der Waals surface area contributed by atoms with E-state index in [9.17, 15) is 0 Å². The number of likely N-dealkylation sites (tertiary alicyclic amines) is 1. The molecule has 0 spiro atoms. The topological polar surface area (TPSA) is 29.0 Å². The molecule has 0 saturated carbocycles. The second-order valence-corrected chi connectivity index (χ2v) is 5.42. The van der Waals surface area contributed by atoms with Crippen LogP contribution in [0.2, 0.25) is 0 Å².